The highest BCUT2D eigenvalue weighted by molar-refractivity contribution is 7.89. The Morgan fingerprint density at radius 1 is 1.20 bits per heavy atom. The molecule has 0 aliphatic carbocycles. The number of piperidine rings is 1. The molecular weight excluding hydrogens is 445 g/mol. The quantitative estimate of drug-likeness (QED) is 0.686. The molecule has 0 spiro atoms. The molecule has 3 rings (SSSR count). The van der Waals surface area contributed by atoms with Crippen LogP contribution in [0.2, 0.25) is 5.02 Å². The second-order valence-electron chi connectivity index (χ2n) is 6.71. The van der Waals surface area contributed by atoms with Gasteiger partial charge in [0.05, 0.1) is 18.7 Å². The minimum absolute atomic E-state index is 0.106. The molecule has 2 aromatic rings. The normalized spacial score (nSPS) is 17.6. The van der Waals surface area contributed by atoms with E-state index < -0.39 is 45.0 Å². The Hall–Kier alpha value is -2.30. The average molecular weight is 463 g/mol. The maximum atomic E-state index is 13.8. The van der Waals surface area contributed by atoms with E-state index in [9.17, 15) is 26.4 Å². The number of amides is 1. The first-order valence-corrected chi connectivity index (χ1v) is 10.7. The maximum Gasteiger partial charge on any atom is 0.246 e. The zero-order valence-electron chi connectivity index (χ0n) is 15.8. The van der Waals surface area contributed by atoms with Crippen molar-refractivity contribution in [1.82, 2.24) is 4.31 Å². The molecule has 1 amide bonds. The van der Waals surface area contributed by atoms with Gasteiger partial charge < -0.3 is 10.1 Å². The van der Waals surface area contributed by atoms with E-state index in [-0.39, 0.29) is 28.8 Å². The van der Waals surface area contributed by atoms with Crippen LogP contribution in [-0.2, 0) is 14.8 Å². The van der Waals surface area contributed by atoms with Crippen molar-refractivity contribution in [3.63, 3.8) is 0 Å². The van der Waals surface area contributed by atoms with Crippen molar-refractivity contribution < 1.29 is 31.1 Å². The molecule has 162 valence electrons. The molecule has 1 saturated heterocycles. The number of carbonyl (C=O) groups is 1. The van der Waals surface area contributed by atoms with Gasteiger partial charge in [-0.2, -0.15) is 4.31 Å². The summed E-state index contributed by atoms with van der Waals surface area (Å²) in [7, 11) is -2.70. The Morgan fingerprint density at radius 3 is 2.63 bits per heavy atom. The number of anilines is 1. The summed E-state index contributed by atoms with van der Waals surface area (Å²) in [6, 6.07) is 5.77. The zero-order valence-corrected chi connectivity index (χ0v) is 17.4. The van der Waals surface area contributed by atoms with Crippen LogP contribution in [0.15, 0.2) is 35.2 Å². The summed E-state index contributed by atoms with van der Waals surface area (Å²) in [5.41, 5.74) is -0.518. The number of methoxy groups -OCH3 is 1. The predicted octanol–water partition coefficient (Wildman–Crippen LogP) is 3.81. The Kier molecular flexibility index (Phi) is 6.59. The van der Waals surface area contributed by atoms with Gasteiger partial charge in [0.15, 0.2) is 17.5 Å². The number of nitrogens with one attached hydrogen (secondary N) is 1. The Balaban J connectivity index is 1.81. The molecule has 11 heteroatoms. The molecule has 1 N–H and O–H groups in total. The summed E-state index contributed by atoms with van der Waals surface area (Å²) >= 11 is 5.93. The van der Waals surface area contributed by atoms with Gasteiger partial charge in [-0.3, -0.25) is 4.79 Å². The number of hydrogen-bond donors (Lipinski definition) is 1. The summed E-state index contributed by atoms with van der Waals surface area (Å²) in [5.74, 6) is -6.00. The molecule has 30 heavy (non-hydrogen) atoms. The molecule has 0 radical (unpaired) electrons. The molecule has 1 atom stereocenters. The highest BCUT2D eigenvalue weighted by Gasteiger charge is 2.35. The molecule has 6 nitrogen and oxygen atoms in total. The van der Waals surface area contributed by atoms with Gasteiger partial charge in [-0.15, -0.1) is 0 Å². The highest BCUT2D eigenvalue weighted by Crippen LogP contribution is 2.32. The van der Waals surface area contributed by atoms with Crippen molar-refractivity contribution in [3.05, 3.63) is 52.8 Å². The van der Waals surface area contributed by atoms with Crippen molar-refractivity contribution in [2.24, 2.45) is 5.92 Å². The molecule has 1 heterocycles. The fraction of sp³-hybridized carbons (Fsp3) is 0.316. The summed E-state index contributed by atoms with van der Waals surface area (Å²) < 4.78 is 72.7. The molecule has 1 fully saturated rings. The van der Waals surface area contributed by atoms with Crippen molar-refractivity contribution in [2.45, 2.75) is 17.7 Å². The fourth-order valence-corrected chi connectivity index (χ4v) is 5.17. The largest absolute Gasteiger partial charge is 0.495 e. The fourth-order valence-electron chi connectivity index (χ4n) is 3.22. The Bertz CT molecular complexity index is 1080. The van der Waals surface area contributed by atoms with Crippen molar-refractivity contribution in [2.75, 3.05) is 25.5 Å². The lowest BCUT2D eigenvalue weighted by Gasteiger charge is -2.31. The first-order valence-electron chi connectivity index (χ1n) is 8.93. The van der Waals surface area contributed by atoms with Gasteiger partial charge >= 0.3 is 0 Å². The van der Waals surface area contributed by atoms with Crippen LogP contribution in [0.4, 0.5) is 18.9 Å². The van der Waals surface area contributed by atoms with Crippen LogP contribution in [0.3, 0.4) is 0 Å². The molecular formula is C19H18ClF3N2O4S. The average Bonchev–Trinajstić information content (AvgIpc) is 2.74. The van der Waals surface area contributed by atoms with Gasteiger partial charge in [-0.25, -0.2) is 21.6 Å². The molecule has 1 aliphatic heterocycles. The lowest BCUT2D eigenvalue weighted by molar-refractivity contribution is -0.120. The number of nitrogens with zero attached hydrogens (tertiary/aromatic N) is 1. The SMILES string of the molecule is COc1ccc(Cl)cc1S(=O)(=O)N1CCC[C@@H](C(=O)Nc2ccc(F)c(F)c2F)C1. The summed E-state index contributed by atoms with van der Waals surface area (Å²) in [6.45, 7) is -0.00352. The van der Waals surface area contributed by atoms with E-state index in [2.05, 4.69) is 5.32 Å². The van der Waals surface area contributed by atoms with Gasteiger partial charge in [0.1, 0.15) is 10.6 Å². The third-order valence-corrected chi connectivity index (χ3v) is 6.91. The minimum atomic E-state index is -4.03. The van der Waals surface area contributed by atoms with Gasteiger partial charge in [0.2, 0.25) is 15.9 Å². The van der Waals surface area contributed by atoms with Crippen LogP contribution in [0.5, 0.6) is 5.75 Å². The first-order chi connectivity index (χ1) is 14.1. The lowest BCUT2D eigenvalue weighted by Crippen LogP contribution is -2.43. The Morgan fingerprint density at radius 2 is 1.93 bits per heavy atom. The summed E-state index contributed by atoms with van der Waals surface area (Å²) in [6.07, 6.45) is 0.719. The predicted molar refractivity (Wildman–Crippen MR) is 104 cm³/mol. The van der Waals surface area contributed by atoms with E-state index in [0.717, 1.165) is 10.4 Å². The third kappa shape index (κ3) is 4.40. The van der Waals surface area contributed by atoms with Crippen LogP contribution >= 0.6 is 11.6 Å². The molecule has 0 aromatic heterocycles. The van der Waals surface area contributed by atoms with Crippen molar-refractivity contribution >= 4 is 33.2 Å². The smallest absolute Gasteiger partial charge is 0.246 e. The molecule has 0 unspecified atom stereocenters. The number of halogens is 4. The topological polar surface area (TPSA) is 75.7 Å². The number of carbonyl (C=O) groups excluding carboxylic acids is 1. The van der Waals surface area contributed by atoms with Gasteiger partial charge in [0, 0.05) is 18.1 Å². The first kappa shape index (κ1) is 22.4. The second kappa shape index (κ2) is 8.83. The van der Waals surface area contributed by atoms with E-state index >= 15 is 0 Å². The van der Waals surface area contributed by atoms with Gasteiger partial charge in [-0.05, 0) is 43.2 Å². The van der Waals surface area contributed by atoms with Crippen LogP contribution < -0.4 is 10.1 Å². The number of sulfonamides is 1. The summed E-state index contributed by atoms with van der Waals surface area (Å²) in [4.78, 5) is 12.4. The minimum Gasteiger partial charge on any atom is -0.495 e. The maximum absolute atomic E-state index is 13.8. The van der Waals surface area contributed by atoms with Crippen LogP contribution in [0.1, 0.15) is 12.8 Å². The van der Waals surface area contributed by atoms with Gasteiger partial charge in [0.25, 0.3) is 0 Å². The molecule has 2 aromatic carbocycles. The van der Waals surface area contributed by atoms with E-state index in [1.165, 1.54) is 25.3 Å². The number of benzene rings is 2. The molecule has 0 saturated carbocycles. The van der Waals surface area contributed by atoms with Crippen LogP contribution in [-0.4, -0.2) is 38.8 Å². The van der Waals surface area contributed by atoms with Crippen molar-refractivity contribution in [1.29, 1.82) is 0 Å². The standard InChI is InChI=1S/C19H18ClF3N2O4S/c1-29-15-7-4-12(20)9-16(15)30(27,28)25-8-2-3-11(10-25)19(26)24-14-6-5-13(21)17(22)18(14)23/h4-7,9,11H,2-3,8,10H2,1H3,(H,24,26)/t11-/m1/s1. The summed E-state index contributed by atoms with van der Waals surface area (Å²) in [5, 5.41) is 2.41. The number of rotatable bonds is 5. The van der Waals surface area contributed by atoms with Gasteiger partial charge in [-0.1, -0.05) is 11.6 Å². The Labute approximate surface area is 176 Å². The van der Waals surface area contributed by atoms with Crippen LogP contribution in [0, 0.1) is 23.4 Å². The van der Waals surface area contributed by atoms with E-state index in [1.807, 2.05) is 0 Å². The highest BCUT2D eigenvalue weighted by atomic mass is 35.5. The third-order valence-electron chi connectivity index (χ3n) is 4.79. The number of ether oxygens (including phenoxy) is 1. The van der Waals surface area contributed by atoms with E-state index in [0.29, 0.717) is 18.9 Å². The zero-order chi connectivity index (χ0) is 22.1. The monoisotopic (exact) mass is 462 g/mol. The molecule has 0 bridgehead atoms. The van der Waals surface area contributed by atoms with Crippen molar-refractivity contribution in [3.8, 4) is 5.75 Å². The number of hydrogen-bond acceptors (Lipinski definition) is 4. The van der Waals surface area contributed by atoms with Crippen LogP contribution in [0.25, 0.3) is 0 Å². The van der Waals surface area contributed by atoms with E-state index in [1.54, 1.807) is 0 Å². The second-order valence-corrected chi connectivity index (χ2v) is 9.05. The lowest BCUT2D eigenvalue weighted by atomic mass is 9.98. The van der Waals surface area contributed by atoms with E-state index in [4.69, 9.17) is 16.3 Å². The molecule has 1 aliphatic rings.